The zero-order valence-corrected chi connectivity index (χ0v) is 17.8. The molecule has 2 aliphatic heterocycles. The van der Waals surface area contributed by atoms with Gasteiger partial charge < -0.3 is 4.90 Å². The number of hydrogen-bond donors (Lipinski definition) is 0. The Kier molecular flexibility index (Phi) is 4.44. The number of benzene rings is 3. The number of nitrogens with zero attached hydrogens (tertiary/aromatic N) is 2. The van der Waals surface area contributed by atoms with Crippen LogP contribution >= 0.6 is 11.8 Å². The van der Waals surface area contributed by atoms with Gasteiger partial charge in [-0.25, -0.2) is 0 Å². The molecular weight excluding hydrogens is 392 g/mol. The summed E-state index contributed by atoms with van der Waals surface area (Å²) in [6, 6.07) is 23.9. The van der Waals surface area contributed by atoms with Crippen LogP contribution in [-0.4, -0.2) is 17.6 Å². The molecule has 1 fully saturated rings. The summed E-state index contributed by atoms with van der Waals surface area (Å²) in [5.74, 6) is 0.194. The molecule has 5 heteroatoms. The normalized spacial score (nSPS) is 20.3. The third-order valence-corrected chi connectivity index (χ3v) is 7.17. The van der Waals surface area contributed by atoms with E-state index in [9.17, 15) is 9.59 Å². The number of thioether (sulfide) groups is 1. The first-order chi connectivity index (χ1) is 14.5. The van der Waals surface area contributed by atoms with Crippen LogP contribution in [0.4, 0.5) is 11.4 Å². The van der Waals surface area contributed by atoms with Gasteiger partial charge in [-0.15, -0.1) is 11.8 Å². The van der Waals surface area contributed by atoms with E-state index in [1.807, 2.05) is 60.4 Å². The second kappa shape index (κ2) is 7.03. The lowest BCUT2D eigenvalue weighted by atomic mass is 10.0. The molecule has 0 unspecified atom stereocenters. The Labute approximate surface area is 180 Å². The number of hydrogen-bond acceptors (Lipinski definition) is 3. The molecule has 3 aromatic carbocycles. The fraction of sp³-hybridized carbons (Fsp3) is 0.200. The summed E-state index contributed by atoms with van der Waals surface area (Å²) in [6.45, 7) is 4.53. The monoisotopic (exact) mass is 414 g/mol. The average Bonchev–Trinajstić information content (AvgIpc) is 3.21. The number of para-hydroxylation sites is 1. The van der Waals surface area contributed by atoms with E-state index in [-0.39, 0.29) is 17.6 Å². The molecule has 0 aliphatic carbocycles. The summed E-state index contributed by atoms with van der Waals surface area (Å²) < 4.78 is 0. The lowest BCUT2D eigenvalue weighted by Gasteiger charge is -2.33. The quantitative estimate of drug-likeness (QED) is 0.619. The summed E-state index contributed by atoms with van der Waals surface area (Å²) >= 11 is 1.42. The van der Waals surface area contributed by atoms with Crippen LogP contribution in [0.5, 0.6) is 0 Å². The van der Waals surface area contributed by atoms with Gasteiger partial charge in [-0.3, -0.25) is 14.5 Å². The van der Waals surface area contributed by atoms with Crippen LogP contribution in [0, 0.1) is 13.8 Å². The average molecular weight is 415 g/mol. The number of carbonyl (C=O) groups excluding carboxylic acids is 2. The highest BCUT2D eigenvalue weighted by atomic mass is 32.2. The van der Waals surface area contributed by atoms with Crippen molar-refractivity contribution in [1.29, 1.82) is 0 Å². The predicted octanol–water partition coefficient (Wildman–Crippen LogP) is 4.78. The van der Waals surface area contributed by atoms with Gasteiger partial charge in [-0.1, -0.05) is 60.2 Å². The smallest absolute Gasteiger partial charge is 0.269 e. The highest BCUT2D eigenvalue weighted by Gasteiger charge is 2.60. The molecule has 2 amide bonds. The van der Waals surface area contributed by atoms with Gasteiger partial charge in [0.25, 0.3) is 5.91 Å². The van der Waals surface area contributed by atoms with Crippen molar-refractivity contribution in [1.82, 2.24) is 0 Å². The van der Waals surface area contributed by atoms with Crippen molar-refractivity contribution in [2.45, 2.75) is 25.3 Å². The Morgan fingerprint density at radius 2 is 1.67 bits per heavy atom. The van der Waals surface area contributed by atoms with E-state index in [0.29, 0.717) is 6.54 Å². The topological polar surface area (TPSA) is 40.6 Å². The Hall–Kier alpha value is -3.05. The predicted molar refractivity (Wildman–Crippen MR) is 122 cm³/mol. The van der Waals surface area contributed by atoms with Gasteiger partial charge >= 0.3 is 0 Å². The minimum Gasteiger partial charge on any atom is -0.304 e. The maximum Gasteiger partial charge on any atom is 0.269 e. The molecule has 0 radical (unpaired) electrons. The van der Waals surface area contributed by atoms with Gasteiger partial charge in [0.15, 0.2) is 0 Å². The van der Waals surface area contributed by atoms with Crippen molar-refractivity contribution in [3.05, 3.63) is 95.1 Å². The van der Waals surface area contributed by atoms with Crippen molar-refractivity contribution in [2.75, 3.05) is 15.6 Å². The van der Waals surface area contributed by atoms with Crippen LogP contribution in [0.15, 0.2) is 72.8 Å². The molecule has 1 atom stereocenters. The van der Waals surface area contributed by atoms with Gasteiger partial charge in [-0.05, 0) is 43.2 Å². The van der Waals surface area contributed by atoms with Crippen LogP contribution in [0.2, 0.25) is 0 Å². The number of amides is 2. The number of carbonyl (C=O) groups is 2. The molecule has 150 valence electrons. The number of anilines is 2. The maximum atomic E-state index is 14.0. The molecule has 1 saturated heterocycles. The molecule has 5 rings (SSSR count). The summed E-state index contributed by atoms with van der Waals surface area (Å²) in [5.41, 5.74) is 5.85. The molecule has 1 spiro atoms. The van der Waals surface area contributed by atoms with Crippen LogP contribution in [-0.2, 0) is 21.0 Å². The molecule has 0 bridgehead atoms. The van der Waals surface area contributed by atoms with Crippen molar-refractivity contribution < 1.29 is 9.59 Å². The SMILES string of the molecule is Cc1ccc(CN2C(=O)[C@]3(SCC(=O)N3c3cccc(C)c3)c3ccccc32)cc1. The Morgan fingerprint density at radius 1 is 0.900 bits per heavy atom. The fourth-order valence-electron chi connectivity index (χ4n) is 4.36. The molecule has 2 heterocycles. The van der Waals surface area contributed by atoms with Gasteiger partial charge in [0, 0.05) is 11.3 Å². The second-order valence-corrected chi connectivity index (χ2v) is 9.06. The number of rotatable bonds is 3. The van der Waals surface area contributed by atoms with Gasteiger partial charge in [0.05, 0.1) is 18.0 Å². The van der Waals surface area contributed by atoms with E-state index in [2.05, 4.69) is 31.2 Å². The Bertz CT molecular complexity index is 1160. The van der Waals surface area contributed by atoms with Gasteiger partial charge in [0.2, 0.25) is 10.8 Å². The minimum absolute atomic E-state index is 0.0362. The second-order valence-electron chi connectivity index (χ2n) is 7.89. The zero-order chi connectivity index (χ0) is 20.9. The van der Waals surface area contributed by atoms with E-state index >= 15 is 0 Å². The van der Waals surface area contributed by atoms with Crippen LogP contribution < -0.4 is 9.80 Å². The fourth-order valence-corrected chi connectivity index (χ4v) is 5.72. The van der Waals surface area contributed by atoms with Gasteiger partial charge in [0.1, 0.15) is 0 Å². The third-order valence-electron chi connectivity index (χ3n) is 5.78. The highest BCUT2D eigenvalue weighted by molar-refractivity contribution is 8.02. The Morgan fingerprint density at radius 3 is 2.43 bits per heavy atom. The van der Waals surface area contributed by atoms with Crippen LogP contribution in [0.3, 0.4) is 0 Å². The molecular formula is C25H22N2O2S. The largest absolute Gasteiger partial charge is 0.304 e. The highest BCUT2D eigenvalue weighted by Crippen LogP contribution is 2.55. The zero-order valence-electron chi connectivity index (χ0n) is 17.0. The lowest BCUT2D eigenvalue weighted by Crippen LogP contribution is -2.49. The van der Waals surface area contributed by atoms with Crippen molar-refractivity contribution >= 4 is 35.0 Å². The van der Waals surface area contributed by atoms with Gasteiger partial charge in [-0.2, -0.15) is 0 Å². The summed E-state index contributed by atoms with van der Waals surface area (Å²) in [5, 5.41) is 0. The van der Waals surface area contributed by atoms with Crippen molar-refractivity contribution in [3.63, 3.8) is 0 Å². The third kappa shape index (κ3) is 2.76. The van der Waals surface area contributed by atoms with Crippen LogP contribution in [0.1, 0.15) is 22.3 Å². The summed E-state index contributed by atoms with van der Waals surface area (Å²) in [7, 11) is 0. The molecule has 0 aromatic heterocycles. The summed E-state index contributed by atoms with van der Waals surface area (Å²) in [6.07, 6.45) is 0. The standard InChI is InChI=1S/C25H22N2O2S/c1-17-10-12-19(13-11-17)15-26-22-9-4-3-8-21(22)25(24(26)29)27(23(28)16-30-25)20-7-5-6-18(2)14-20/h3-14H,15-16H2,1-2H3/t25-/m1/s1. The van der Waals surface area contributed by atoms with E-state index < -0.39 is 4.87 Å². The number of aryl methyl sites for hydroxylation is 2. The van der Waals surface area contributed by atoms with Crippen molar-refractivity contribution in [3.8, 4) is 0 Å². The lowest BCUT2D eigenvalue weighted by molar-refractivity contribution is -0.123. The number of fused-ring (bicyclic) bond motifs is 2. The molecule has 30 heavy (non-hydrogen) atoms. The summed E-state index contributed by atoms with van der Waals surface area (Å²) in [4.78, 5) is 29.5. The molecule has 0 N–H and O–H groups in total. The minimum atomic E-state index is -1.05. The molecule has 4 nitrogen and oxygen atoms in total. The first-order valence-corrected chi connectivity index (χ1v) is 11.0. The molecule has 2 aliphatic rings. The first kappa shape index (κ1) is 18.9. The van der Waals surface area contributed by atoms with E-state index in [4.69, 9.17) is 0 Å². The maximum absolute atomic E-state index is 14.0. The first-order valence-electron chi connectivity index (χ1n) is 10.0. The van der Waals surface area contributed by atoms with Crippen LogP contribution in [0.25, 0.3) is 0 Å². The van der Waals surface area contributed by atoms with E-state index in [0.717, 1.165) is 28.1 Å². The van der Waals surface area contributed by atoms with E-state index in [1.54, 1.807) is 4.90 Å². The van der Waals surface area contributed by atoms with E-state index in [1.165, 1.54) is 17.3 Å². The van der Waals surface area contributed by atoms with Crippen molar-refractivity contribution in [2.24, 2.45) is 0 Å². The molecule has 0 saturated carbocycles. The molecule has 3 aromatic rings. The Balaban J connectivity index is 1.64.